The van der Waals surface area contributed by atoms with E-state index < -0.39 is 0 Å². The van der Waals surface area contributed by atoms with Gasteiger partial charge in [0.05, 0.1) is 13.2 Å². The molecule has 0 radical (unpaired) electrons. The number of hydrogen-bond acceptors (Lipinski definition) is 4. The van der Waals surface area contributed by atoms with Gasteiger partial charge >= 0.3 is 5.97 Å². The van der Waals surface area contributed by atoms with Crippen molar-refractivity contribution in [1.29, 1.82) is 0 Å². The van der Waals surface area contributed by atoms with Crippen LogP contribution in [0.15, 0.2) is 24.4 Å². The fourth-order valence-corrected chi connectivity index (χ4v) is 1.37. The van der Waals surface area contributed by atoms with Crippen LogP contribution >= 0.6 is 0 Å². The van der Waals surface area contributed by atoms with Gasteiger partial charge < -0.3 is 9.47 Å². The normalized spacial score (nSPS) is 14.9. The first-order valence-corrected chi connectivity index (χ1v) is 4.67. The molecule has 0 spiro atoms. The van der Waals surface area contributed by atoms with Gasteiger partial charge in [0, 0.05) is 19.2 Å². The zero-order valence-corrected chi connectivity index (χ0v) is 8.40. The Morgan fingerprint density at radius 2 is 2.40 bits per heavy atom. The second-order valence-electron chi connectivity index (χ2n) is 3.22. The van der Waals surface area contributed by atoms with Crippen LogP contribution in [0.2, 0.25) is 0 Å². The lowest BCUT2D eigenvalue weighted by atomic mass is 10.1. The van der Waals surface area contributed by atoms with Gasteiger partial charge in [0.2, 0.25) is 5.88 Å². The molecule has 0 aliphatic carbocycles. The molecule has 78 valence electrons. The van der Waals surface area contributed by atoms with Gasteiger partial charge in [-0.25, -0.2) is 4.98 Å². The smallest absolute Gasteiger partial charge is 0.309 e. The van der Waals surface area contributed by atoms with E-state index in [0.717, 1.165) is 11.1 Å². The van der Waals surface area contributed by atoms with Crippen LogP contribution in [0.3, 0.4) is 0 Å². The highest BCUT2D eigenvalue weighted by Gasteiger charge is 2.08. The molecular weight excluding hydrogens is 194 g/mol. The van der Waals surface area contributed by atoms with Crippen LogP contribution in [0.5, 0.6) is 5.88 Å². The molecule has 0 aromatic carbocycles. The summed E-state index contributed by atoms with van der Waals surface area (Å²) >= 11 is 0. The number of aromatic nitrogens is 1. The second-order valence-corrected chi connectivity index (χ2v) is 3.22. The van der Waals surface area contributed by atoms with Crippen molar-refractivity contribution in [3.05, 3.63) is 30.0 Å². The predicted molar refractivity (Wildman–Crippen MR) is 54.3 cm³/mol. The highest BCUT2D eigenvalue weighted by molar-refractivity contribution is 5.70. The number of carbonyl (C=O) groups is 1. The largest absolute Gasteiger partial charge is 0.408 e. The monoisotopic (exact) mass is 205 g/mol. The molecule has 15 heavy (non-hydrogen) atoms. The molecule has 0 bridgehead atoms. The number of rotatable bonds is 2. The first kappa shape index (κ1) is 9.86. The van der Waals surface area contributed by atoms with Crippen molar-refractivity contribution in [2.24, 2.45) is 0 Å². The van der Waals surface area contributed by atoms with Crippen LogP contribution in [-0.2, 0) is 9.53 Å². The standard InChI is InChI=1S/C11H11NO3/c1-8(13)15-11-3-2-9(6-12-11)10-4-5-14-7-10/h2-4,6H,5,7H2,1H3. The number of carbonyl (C=O) groups excluding carboxylic acids is 1. The summed E-state index contributed by atoms with van der Waals surface area (Å²) in [4.78, 5) is 14.7. The van der Waals surface area contributed by atoms with E-state index >= 15 is 0 Å². The number of pyridine rings is 1. The maximum atomic E-state index is 10.7. The van der Waals surface area contributed by atoms with E-state index in [0.29, 0.717) is 19.1 Å². The van der Waals surface area contributed by atoms with E-state index in [9.17, 15) is 4.79 Å². The highest BCUT2D eigenvalue weighted by Crippen LogP contribution is 2.19. The Morgan fingerprint density at radius 1 is 1.53 bits per heavy atom. The average Bonchev–Trinajstić information content (AvgIpc) is 2.71. The van der Waals surface area contributed by atoms with Crippen molar-refractivity contribution in [2.45, 2.75) is 6.92 Å². The van der Waals surface area contributed by atoms with Crippen molar-refractivity contribution in [3.63, 3.8) is 0 Å². The van der Waals surface area contributed by atoms with Gasteiger partial charge in [-0.1, -0.05) is 6.08 Å². The zero-order valence-electron chi connectivity index (χ0n) is 8.40. The molecule has 1 aromatic rings. The van der Waals surface area contributed by atoms with E-state index in [4.69, 9.17) is 9.47 Å². The van der Waals surface area contributed by atoms with Crippen LogP contribution in [0.1, 0.15) is 12.5 Å². The van der Waals surface area contributed by atoms with Gasteiger partial charge in [-0.3, -0.25) is 4.79 Å². The minimum Gasteiger partial charge on any atom is -0.408 e. The molecule has 2 heterocycles. The SMILES string of the molecule is CC(=O)Oc1ccc(C2=CCOC2)cn1. The molecule has 4 nitrogen and oxygen atoms in total. The lowest BCUT2D eigenvalue weighted by Crippen LogP contribution is -2.03. The van der Waals surface area contributed by atoms with Crippen molar-refractivity contribution >= 4 is 11.5 Å². The Hall–Kier alpha value is -1.68. The third-order valence-corrected chi connectivity index (χ3v) is 2.06. The highest BCUT2D eigenvalue weighted by atomic mass is 16.5. The van der Waals surface area contributed by atoms with E-state index in [1.165, 1.54) is 6.92 Å². The molecule has 1 aliphatic rings. The van der Waals surface area contributed by atoms with E-state index in [1.54, 1.807) is 12.3 Å². The summed E-state index contributed by atoms with van der Waals surface area (Å²) in [6.07, 6.45) is 3.70. The quantitative estimate of drug-likeness (QED) is 0.685. The molecule has 0 amide bonds. The molecule has 2 rings (SSSR count). The van der Waals surface area contributed by atoms with Crippen LogP contribution in [0.4, 0.5) is 0 Å². The predicted octanol–water partition coefficient (Wildman–Crippen LogP) is 1.42. The lowest BCUT2D eigenvalue weighted by Gasteiger charge is -2.02. The summed E-state index contributed by atoms with van der Waals surface area (Å²) in [6.45, 7) is 2.62. The summed E-state index contributed by atoms with van der Waals surface area (Å²) in [6, 6.07) is 3.54. The van der Waals surface area contributed by atoms with Gasteiger partial charge in [-0.05, 0) is 17.2 Å². The van der Waals surface area contributed by atoms with Gasteiger partial charge in [0.1, 0.15) is 0 Å². The van der Waals surface area contributed by atoms with Gasteiger partial charge in [0.15, 0.2) is 0 Å². The van der Waals surface area contributed by atoms with Gasteiger partial charge in [0.25, 0.3) is 0 Å². The van der Waals surface area contributed by atoms with Crippen molar-refractivity contribution < 1.29 is 14.3 Å². The third kappa shape index (κ3) is 2.41. The number of nitrogens with zero attached hydrogens (tertiary/aromatic N) is 1. The lowest BCUT2D eigenvalue weighted by molar-refractivity contribution is -0.132. The molecule has 0 atom stereocenters. The topological polar surface area (TPSA) is 48.4 Å². The Balaban J connectivity index is 2.13. The fourth-order valence-electron chi connectivity index (χ4n) is 1.37. The van der Waals surface area contributed by atoms with Crippen LogP contribution in [0.25, 0.3) is 5.57 Å². The Labute approximate surface area is 87.5 Å². The molecule has 0 N–H and O–H groups in total. The molecule has 1 aliphatic heterocycles. The summed E-state index contributed by atoms with van der Waals surface area (Å²) in [5, 5.41) is 0. The Kier molecular flexibility index (Phi) is 2.78. The van der Waals surface area contributed by atoms with Crippen molar-refractivity contribution in [1.82, 2.24) is 4.98 Å². The van der Waals surface area contributed by atoms with Crippen LogP contribution in [-0.4, -0.2) is 24.2 Å². The third-order valence-electron chi connectivity index (χ3n) is 2.06. The Bertz CT molecular complexity index is 395. The summed E-state index contributed by atoms with van der Waals surface area (Å²) in [5.74, 6) is -0.0376. The maximum Gasteiger partial charge on any atom is 0.309 e. The fraction of sp³-hybridized carbons (Fsp3) is 0.273. The minimum absolute atomic E-state index is 0.325. The van der Waals surface area contributed by atoms with E-state index in [1.807, 2.05) is 12.1 Å². The summed E-state index contributed by atoms with van der Waals surface area (Å²) < 4.78 is 10.0. The first-order chi connectivity index (χ1) is 7.25. The zero-order chi connectivity index (χ0) is 10.7. The van der Waals surface area contributed by atoms with Crippen LogP contribution < -0.4 is 4.74 Å². The second kappa shape index (κ2) is 4.23. The van der Waals surface area contributed by atoms with Crippen molar-refractivity contribution in [2.75, 3.05) is 13.2 Å². The molecule has 0 unspecified atom stereocenters. The molecule has 0 saturated carbocycles. The van der Waals surface area contributed by atoms with E-state index in [2.05, 4.69) is 4.98 Å². The molecule has 0 saturated heterocycles. The molecule has 1 aromatic heterocycles. The molecular formula is C11H11NO3. The number of hydrogen-bond donors (Lipinski definition) is 0. The van der Waals surface area contributed by atoms with Crippen molar-refractivity contribution in [3.8, 4) is 5.88 Å². The Morgan fingerprint density at radius 3 is 2.93 bits per heavy atom. The van der Waals surface area contributed by atoms with Gasteiger partial charge in [-0.2, -0.15) is 0 Å². The molecule has 0 fully saturated rings. The number of esters is 1. The average molecular weight is 205 g/mol. The minimum atomic E-state index is -0.362. The van der Waals surface area contributed by atoms with Gasteiger partial charge in [-0.15, -0.1) is 0 Å². The first-order valence-electron chi connectivity index (χ1n) is 4.67. The summed E-state index contributed by atoms with van der Waals surface area (Å²) in [5.41, 5.74) is 2.13. The maximum absolute atomic E-state index is 10.7. The number of ether oxygens (including phenoxy) is 2. The van der Waals surface area contributed by atoms with Crippen LogP contribution in [0, 0.1) is 0 Å². The summed E-state index contributed by atoms with van der Waals surface area (Å²) in [7, 11) is 0. The van der Waals surface area contributed by atoms with E-state index in [-0.39, 0.29) is 5.97 Å². The molecule has 4 heteroatoms.